The summed E-state index contributed by atoms with van der Waals surface area (Å²) < 4.78 is 5.91. The number of hydrogen-bond donors (Lipinski definition) is 3. The Morgan fingerprint density at radius 3 is 1.41 bits per heavy atom. The Labute approximate surface area is 365 Å². The van der Waals surface area contributed by atoms with Crippen molar-refractivity contribution < 1.29 is 24.5 Å². The zero-order valence-electron chi connectivity index (χ0n) is 38.9. The van der Waals surface area contributed by atoms with Crippen LogP contribution in [0, 0.1) is 0 Å². The van der Waals surface area contributed by atoms with Crippen LogP contribution in [0.15, 0.2) is 60.8 Å². The molecule has 0 aromatic rings. The van der Waals surface area contributed by atoms with Gasteiger partial charge in [-0.2, -0.15) is 0 Å². The molecule has 0 spiro atoms. The Bertz CT molecular complexity index is 1060. The number of amides is 1. The third-order valence-electron chi connectivity index (χ3n) is 11.2. The van der Waals surface area contributed by atoms with Gasteiger partial charge in [0.2, 0.25) is 5.91 Å². The molecule has 0 saturated heterocycles. The van der Waals surface area contributed by atoms with Crippen molar-refractivity contribution in [1.29, 1.82) is 0 Å². The normalized spacial score (nSPS) is 13.8. The molecule has 0 aliphatic carbocycles. The Kier molecular flexibility index (Phi) is 44.7. The molecule has 342 valence electrons. The van der Waals surface area contributed by atoms with Gasteiger partial charge in [-0.25, -0.2) is 0 Å². The fraction of sp³-hybridized carbons (Fsp3) is 0.774. The van der Waals surface area contributed by atoms with E-state index in [0.717, 1.165) is 83.5 Å². The number of unbranched alkanes of at least 4 members (excludes halogenated alkanes) is 25. The van der Waals surface area contributed by atoms with E-state index in [1.807, 2.05) is 0 Å². The SMILES string of the molecule is CC/C=C/C=C/C=C/CCCCCCCCCC(=O)OC(CCCCC/C=C/C=C/CCCCCCCCC)CC(=O)NC(CO)C(O)CCCCCCCCCCC. The molecule has 59 heavy (non-hydrogen) atoms. The fourth-order valence-corrected chi connectivity index (χ4v) is 7.36. The number of rotatable bonds is 44. The third-order valence-corrected chi connectivity index (χ3v) is 11.2. The quantitative estimate of drug-likeness (QED) is 0.0323. The molecular formula is C53H95NO5. The van der Waals surface area contributed by atoms with Gasteiger partial charge in [-0.05, 0) is 70.6 Å². The molecule has 3 atom stereocenters. The van der Waals surface area contributed by atoms with Crippen LogP contribution in [-0.2, 0) is 14.3 Å². The van der Waals surface area contributed by atoms with Crippen molar-refractivity contribution in [2.75, 3.05) is 6.61 Å². The van der Waals surface area contributed by atoms with Crippen LogP contribution in [0.2, 0.25) is 0 Å². The number of esters is 1. The first-order chi connectivity index (χ1) is 29.0. The molecule has 0 radical (unpaired) electrons. The minimum atomic E-state index is -0.796. The van der Waals surface area contributed by atoms with E-state index in [-0.39, 0.29) is 24.9 Å². The summed E-state index contributed by atoms with van der Waals surface area (Å²) in [5.74, 6) is -0.514. The molecule has 6 heteroatoms. The van der Waals surface area contributed by atoms with Gasteiger partial charge in [0, 0.05) is 6.42 Å². The van der Waals surface area contributed by atoms with E-state index < -0.39 is 18.2 Å². The monoisotopic (exact) mass is 826 g/mol. The lowest BCUT2D eigenvalue weighted by Crippen LogP contribution is -2.46. The minimum Gasteiger partial charge on any atom is -0.462 e. The molecule has 0 bridgehead atoms. The molecule has 0 aromatic heterocycles. The zero-order chi connectivity index (χ0) is 43.1. The molecule has 0 aromatic carbocycles. The van der Waals surface area contributed by atoms with Gasteiger partial charge in [0.1, 0.15) is 6.10 Å². The van der Waals surface area contributed by atoms with Crippen LogP contribution in [0.4, 0.5) is 0 Å². The average molecular weight is 826 g/mol. The second-order valence-corrected chi connectivity index (χ2v) is 16.9. The van der Waals surface area contributed by atoms with Crippen LogP contribution >= 0.6 is 0 Å². The lowest BCUT2D eigenvalue weighted by Gasteiger charge is -2.24. The highest BCUT2D eigenvalue weighted by Crippen LogP contribution is 2.17. The number of carbonyl (C=O) groups is 2. The molecule has 3 unspecified atom stereocenters. The standard InChI is InChI=1S/C53H95NO5/c1-4-7-10-13-16-19-21-23-25-27-28-30-33-35-38-41-44-49(47-52(57)54-50(48-55)51(56)45-42-39-36-32-18-15-12-9-6-3)59-53(58)46-43-40-37-34-31-29-26-24-22-20-17-14-11-8-5-2/h8,11,14,17,20,22,25,27-28,30,49-51,55-56H,4-7,9-10,12-13,15-16,18-19,21,23-24,26,29,31-48H2,1-3H3,(H,54,57)/b11-8+,17-14+,22-20+,27-25+,30-28+. The Balaban J connectivity index is 4.66. The van der Waals surface area contributed by atoms with Gasteiger partial charge in [-0.15, -0.1) is 0 Å². The van der Waals surface area contributed by atoms with Crippen LogP contribution in [0.1, 0.15) is 239 Å². The van der Waals surface area contributed by atoms with Gasteiger partial charge in [-0.3, -0.25) is 9.59 Å². The summed E-state index contributed by atoms with van der Waals surface area (Å²) in [4.78, 5) is 26.1. The summed E-state index contributed by atoms with van der Waals surface area (Å²) in [5.41, 5.74) is 0. The summed E-state index contributed by atoms with van der Waals surface area (Å²) in [6.45, 7) is 6.32. The molecule has 0 aliphatic rings. The number of hydrogen-bond acceptors (Lipinski definition) is 5. The molecule has 0 rings (SSSR count). The van der Waals surface area contributed by atoms with Crippen LogP contribution in [0.5, 0.6) is 0 Å². The van der Waals surface area contributed by atoms with E-state index in [0.29, 0.717) is 19.3 Å². The van der Waals surface area contributed by atoms with E-state index in [1.165, 1.54) is 109 Å². The predicted octanol–water partition coefficient (Wildman–Crippen LogP) is 14.8. The fourth-order valence-electron chi connectivity index (χ4n) is 7.36. The number of aliphatic hydroxyl groups excluding tert-OH is 2. The lowest BCUT2D eigenvalue weighted by atomic mass is 10.0. The van der Waals surface area contributed by atoms with Crippen molar-refractivity contribution in [3.8, 4) is 0 Å². The molecule has 3 N–H and O–H groups in total. The highest BCUT2D eigenvalue weighted by Gasteiger charge is 2.24. The third kappa shape index (κ3) is 42.1. The molecular weight excluding hydrogens is 731 g/mol. The summed E-state index contributed by atoms with van der Waals surface area (Å²) in [5, 5.41) is 23.6. The maximum Gasteiger partial charge on any atom is 0.306 e. The van der Waals surface area contributed by atoms with Crippen molar-refractivity contribution in [3.05, 3.63) is 60.8 Å². The zero-order valence-corrected chi connectivity index (χ0v) is 38.9. The summed E-state index contributed by atoms with van der Waals surface area (Å²) >= 11 is 0. The number of aliphatic hydroxyl groups is 2. The van der Waals surface area contributed by atoms with E-state index in [1.54, 1.807) is 0 Å². The second kappa shape index (κ2) is 46.6. The van der Waals surface area contributed by atoms with Crippen molar-refractivity contribution in [1.82, 2.24) is 5.32 Å². The van der Waals surface area contributed by atoms with Gasteiger partial charge < -0.3 is 20.3 Å². The number of ether oxygens (including phenoxy) is 1. The number of allylic oxidation sites excluding steroid dienone is 10. The Morgan fingerprint density at radius 2 is 0.915 bits per heavy atom. The van der Waals surface area contributed by atoms with Crippen molar-refractivity contribution in [2.24, 2.45) is 0 Å². The van der Waals surface area contributed by atoms with E-state index in [9.17, 15) is 19.8 Å². The van der Waals surface area contributed by atoms with Crippen LogP contribution in [0.25, 0.3) is 0 Å². The van der Waals surface area contributed by atoms with E-state index in [2.05, 4.69) is 86.8 Å². The smallest absolute Gasteiger partial charge is 0.306 e. The summed E-state index contributed by atoms with van der Waals surface area (Å²) in [7, 11) is 0. The van der Waals surface area contributed by atoms with Gasteiger partial charge in [0.05, 0.1) is 25.2 Å². The summed E-state index contributed by atoms with van der Waals surface area (Å²) in [6.07, 6.45) is 57.1. The van der Waals surface area contributed by atoms with Gasteiger partial charge >= 0.3 is 5.97 Å². The first-order valence-electron chi connectivity index (χ1n) is 25.1. The van der Waals surface area contributed by atoms with Crippen molar-refractivity contribution in [3.63, 3.8) is 0 Å². The summed E-state index contributed by atoms with van der Waals surface area (Å²) in [6, 6.07) is -0.712. The van der Waals surface area contributed by atoms with Gasteiger partial charge in [0.15, 0.2) is 0 Å². The topological polar surface area (TPSA) is 95.9 Å². The maximum atomic E-state index is 13.2. The first-order valence-corrected chi connectivity index (χ1v) is 25.1. The highest BCUT2D eigenvalue weighted by molar-refractivity contribution is 5.77. The van der Waals surface area contributed by atoms with Crippen molar-refractivity contribution >= 4 is 11.9 Å². The highest BCUT2D eigenvalue weighted by atomic mass is 16.5. The molecule has 1 amide bonds. The molecule has 0 heterocycles. The van der Waals surface area contributed by atoms with Crippen molar-refractivity contribution in [2.45, 2.75) is 257 Å². The maximum absolute atomic E-state index is 13.2. The van der Waals surface area contributed by atoms with Crippen LogP contribution in [0.3, 0.4) is 0 Å². The average Bonchev–Trinajstić information content (AvgIpc) is 3.23. The molecule has 0 aliphatic heterocycles. The van der Waals surface area contributed by atoms with E-state index in [4.69, 9.17) is 4.74 Å². The largest absolute Gasteiger partial charge is 0.462 e. The van der Waals surface area contributed by atoms with Gasteiger partial charge in [0.25, 0.3) is 0 Å². The predicted molar refractivity (Wildman–Crippen MR) is 255 cm³/mol. The molecule has 6 nitrogen and oxygen atoms in total. The second-order valence-electron chi connectivity index (χ2n) is 16.9. The molecule has 0 fully saturated rings. The van der Waals surface area contributed by atoms with E-state index >= 15 is 0 Å². The Morgan fingerprint density at radius 1 is 0.508 bits per heavy atom. The number of nitrogens with one attached hydrogen (secondary N) is 1. The van der Waals surface area contributed by atoms with Gasteiger partial charge in [-0.1, -0.05) is 216 Å². The van der Waals surface area contributed by atoms with Crippen LogP contribution < -0.4 is 5.32 Å². The van der Waals surface area contributed by atoms with Crippen LogP contribution in [-0.4, -0.2) is 46.9 Å². The minimum absolute atomic E-state index is 0.0534. The first kappa shape index (κ1) is 56.6. The Hall–Kier alpha value is -2.44. The number of carbonyl (C=O) groups excluding carboxylic acids is 2. The molecule has 0 saturated carbocycles. The lowest BCUT2D eigenvalue weighted by molar-refractivity contribution is -0.151.